The molecule has 0 saturated carbocycles. The molecule has 0 saturated heterocycles. The van der Waals surface area contributed by atoms with Crippen LogP contribution < -0.4 is 5.32 Å². The van der Waals surface area contributed by atoms with Gasteiger partial charge in [-0.15, -0.1) is 0 Å². The number of carbonyl (C=O) groups is 1. The summed E-state index contributed by atoms with van der Waals surface area (Å²) >= 11 is 0. The average Bonchev–Trinajstić information content (AvgIpc) is 2.27. The molecule has 0 heterocycles. The zero-order valence-corrected chi connectivity index (χ0v) is 9.13. The molecule has 2 heteroatoms. The molecular formula is C13H15NO. The number of allylic oxidation sites excluding steroid dienone is 1. The second-order valence-electron chi connectivity index (χ2n) is 3.89. The van der Waals surface area contributed by atoms with E-state index in [1.54, 1.807) is 6.92 Å². The molecule has 2 nitrogen and oxygen atoms in total. The van der Waals surface area contributed by atoms with E-state index >= 15 is 0 Å². The van der Waals surface area contributed by atoms with E-state index in [2.05, 4.69) is 11.4 Å². The van der Waals surface area contributed by atoms with Crippen LogP contribution in [0.4, 0.5) is 0 Å². The summed E-state index contributed by atoms with van der Waals surface area (Å²) in [7, 11) is 1.95. The van der Waals surface area contributed by atoms with Gasteiger partial charge in [0.05, 0.1) is 0 Å². The summed E-state index contributed by atoms with van der Waals surface area (Å²) in [6.45, 7) is 1.61. The molecule has 1 aromatic carbocycles. The van der Waals surface area contributed by atoms with Crippen LogP contribution in [-0.4, -0.2) is 12.8 Å². The first-order valence-corrected chi connectivity index (χ1v) is 5.23. The Morgan fingerprint density at radius 1 is 1.33 bits per heavy atom. The molecule has 0 unspecified atom stereocenters. The first kappa shape index (κ1) is 9.97. The van der Waals surface area contributed by atoms with Gasteiger partial charge in [0, 0.05) is 18.3 Å². The van der Waals surface area contributed by atoms with Crippen molar-refractivity contribution >= 4 is 11.9 Å². The van der Waals surface area contributed by atoms with Crippen molar-refractivity contribution in [1.82, 2.24) is 5.32 Å². The topological polar surface area (TPSA) is 29.1 Å². The highest BCUT2D eigenvalue weighted by molar-refractivity contribution is 5.94. The highest BCUT2D eigenvalue weighted by atomic mass is 16.1. The number of benzene rings is 1. The number of Topliss-reactive ketones (excluding diaryl/α,β-unsaturated/α-hetero) is 1. The number of carbonyl (C=O) groups excluding carboxylic acids is 1. The van der Waals surface area contributed by atoms with Crippen LogP contribution in [0.5, 0.6) is 0 Å². The number of rotatable bonds is 2. The quantitative estimate of drug-likeness (QED) is 0.744. The van der Waals surface area contributed by atoms with Crippen LogP contribution >= 0.6 is 0 Å². The van der Waals surface area contributed by atoms with Crippen molar-refractivity contribution in [1.29, 1.82) is 0 Å². The Kier molecular flexibility index (Phi) is 2.58. The lowest BCUT2D eigenvalue weighted by atomic mass is 9.93. The third kappa shape index (κ3) is 1.94. The van der Waals surface area contributed by atoms with Crippen molar-refractivity contribution in [3.8, 4) is 0 Å². The summed E-state index contributed by atoms with van der Waals surface area (Å²) in [5.74, 6) is 0.140. The third-order valence-corrected chi connectivity index (χ3v) is 2.86. The van der Waals surface area contributed by atoms with Crippen molar-refractivity contribution in [3.05, 3.63) is 40.6 Å². The highest BCUT2D eigenvalue weighted by Crippen LogP contribution is 2.23. The van der Waals surface area contributed by atoms with Gasteiger partial charge in [0.2, 0.25) is 0 Å². The number of aryl methyl sites for hydroxylation is 1. The zero-order valence-electron chi connectivity index (χ0n) is 9.13. The van der Waals surface area contributed by atoms with Gasteiger partial charge in [-0.05, 0) is 43.0 Å². The number of hydrogen-bond donors (Lipinski definition) is 1. The van der Waals surface area contributed by atoms with Crippen molar-refractivity contribution in [2.45, 2.75) is 19.8 Å². The fourth-order valence-electron chi connectivity index (χ4n) is 1.91. The number of ketones is 1. The minimum atomic E-state index is 0.140. The van der Waals surface area contributed by atoms with Crippen LogP contribution in [0.1, 0.15) is 34.8 Å². The summed E-state index contributed by atoms with van der Waals surface area (Å²) in [4.78, 5) is 11.2. The van der Waals surface area contributed by atoms with Crippen LogP contribution in [0.15, 0.2) is 23.9 Å². The van der Waals surface area contributed by atoms with Gasteiger partial charge in [0.15, 0.2) is 5.78 Å². The second-order valence-corrected chi connectivity index (χ2v) is 3.89. The molecule has 1 aliphatic rings. The van der Waals surface area contributed by atoms with Gasteiger partial charge in [0.1, 0.15) is 0 Å². The van der Waals surface area contributed by atoms with Gasteiger partial charge in [0.25, 0.3) is 0 Å². The number of nitrogens with one attached hydrogen (secondary N) is 1. The summed E-state index contributed by atoms with van der Waals surface area (Å²) in [5, 5.41) is 3.18. The molecular weight excluding hydrogens is 186 g/mol. The molecule has 15 heavy (non-hydrogen) atoms. The van der Waals surface area contributed by atoms with Gasteiger partial charge < -0.3 is 5.32 Å². The molecule has 78 valence electrons. The molecule has 1 aliphatic carbocycles. The van der Waals surface area contributed by atoms with E-state index in [1.165, 1.54) is 16.8 Å². The molecule has 0 spiro atoms. The first-order chi connectivity index (χ1) is 7.20. The van der Waals surface area contributed by atoms with Gasteiger partial charge in [-0.1, -0.05) is 12.1 Å². The molecule has 0 amide bonds. The van der Waals surface area contributed by atoms with E-state index in [9.17, 15) is 4.79 Å². The van der Waals surface area contributed by atoms with E-state index in [0.29, 0.717) is 0 Å². The molecule has 1 N–H and O–H groups in total. The standard InChI is InChI=1S/C13H15NO/c1-9(15)10-3-4-12-8-13(14-2)6-5-11(12)7-10/h3-4,7-8,14H,5-6H2,1-2H3. The monoisotopic (exact) mass is 201 g/mol. The SMILES string of the molecule is CNC1=Cc2ccc(C(C)=O)cc2CC1. The predicted molar refractivity (Wildman–Crippen MR) is 61.8 cm³/mol. The van der Waals surface area contributed by atoms with Gasteiger partial charge in [-0.3, -0.25) is 4.79 Å². The fraction of sp³-hybridized carbons (Fsp3) is 0.308. The van der Waals surface area contributed by atoms with Crippen molar-refractivity contribution in [2.75, 3.05) is 7.05 Å². The van der Waals surface area contributed by atoms with Gasteiger partial charge in [-0.25, -0.2) is 0 Å². The van der Waals surface area contributed by atoms with Crippen LogP contribution in [0.25, 0.3) is 6.08 Å². The summed E-state index contributed by atoms with van der Waals surface area (Å²) < 4.78 is 0. The first-order valence-electron chi connectivity index (χ1n) is 5.23. The van der Waals surface area contributed by atoms with E-state index in [1.807, 2.05) is 25.2 Å². The van der Waals surface area contributed by atoms with E-state index in [0.717, 1.165) is 18.4 Å². The largest absolute Gasteiger partial charge is 0.391 e. The van der Waals surface area contributed by atoms with Crippen LogP contribution in [0.3, 0.4) is 0 Å². The maximum absolute atomic E-state index is 11.2. The fourth-order valence-corrected chi connectivity index (χ4v) is 1.91. The molecule has 0 aromatic heterocycles. The molecule has 0 aliphatic heterocycles. The number of fused-ring (bicyclic) bond motifs is 1. The van der Waals surface area contributed by atoms with Crippen molar-refractivity contribution in [2.24, 2.45) is 0 Å². The van der Waals surface area contributed by atoms with E-state index in [4.69, 9.17) is 0 Å². The predicted octanol–water partition coefficient (Wildman–Crippen LogP) is 2.40. The Morgan fingerprint density at radius 2 is 2.13 bits per heavy atom. The van der Waals surface area contributed by atoms with Gasteiger partial charge >= 0.3 is 0 Å². The maximum Gasteiger partial charge on any atom is 0.159 e. The Bertz CT molecular complexity index is 432. The maximum atomic E-state index is 11.2. The van der Waals surface area contributed by atoms with Crippen molar-refractivity contribution in [3.63, 3.8) is 0 Å². The van der Waals surface area contributed by atoms with Crippen LogP contribution in [0.2, 0.25) is 0 Å². The Morgan fingerprint density at radius 3 is 2.80 bits per heavy atom. The minimum Gasteiger partial charge on any atom is -0.391 e. The lowest BCUT2D eigenvalue weighted by Gasteiger charge is -2.16. The lowest BCUT2D eigenvalue weighted by molar-refractivity contribution is 0.101. The Hall–Kier alpha value is -1.57. The molecule has 0 atom stereocenters. The minimum absolute atomic E-state index is 0.140. The third-order valence-electron chi connectivity index (χ3n) is 2.86. The normalized spacial score (nSPS) is 14.1. The van der Waals surface area contributed by atoms with Crippen molar-refractivity contribution < 1.29 is 4.79 Å². The Labute approximate surface area is 90.0 Å². The number of hydrogen-bond acceptors (Lipinski definition) is 2. The van der Waals surface area contributed by atoms with E-state index < -0.39 is 0 Å². The highest BCUT2D eigenvalue weighted by Gasteiger charge is 2.10. The summed E-state index contributed by atoms with van der Waals surface area (Å²) in [5.41, 5.74) is 4.59. The summed E-state index contributed by atoms with van der Waals surface area (Å²) in [6.07, 6.45) is 4.21. The molecule has 1 aromatic rings. The lowest BCUT2D eigenvalue weighted by Crippen LogP contribution is -2.11. The molecule has 0 radical (unpaired) electrons. The van der Waals surface area contributed by atoms with Crippen LogP contribution in [-0.2, 0) is 6.42 Å². The van der Waals surface area contributed by atoms with Crippen LogP contribution in [0, 0.1) is 0 Å². The Balaban J connectivity index is 2.41. The molecule has 0 bridgehead atoms. The second kappa shape index (κ2) is 3.89. The van der Waals surface area contributed by atoms with Gasteiger partial charge in [-0.2, -0.15) is 0 Å². The summed E-state index contributed by atoms with van der Waals surface area (Å²) in [6, 6.07) is 5.94. The average molecular weight is 201 g/mol. The smallest absolute Gasteiger partial charge is 0.159 e. The molecule has 2 rings (SSSR count). The molecule has 0 fully saturated rings. The van der Waals surface area contributed by atoms with E-state index in [-0.39, 0.29) is 5.78 Å². The zero-order chi connectivity index (χ0) is 10.8.